The molecule has 3 atom stereocenters. The smallest absolute Gasteiger partial charge is 0.308 e. The van der Waals surface area contributed by atoms with Crippen LogP contribution in [0.15, 0.2) is 46.4 Å². The van der Waals surface area contributed by atoms with Gasteiger partial charge in [0.15, 0.2) is 0 Å². The Bertz CT molecular complexity index is 888. The Kier molecular flexibility index (Phi) is 7.85. The van der Waals surface area contributed by atoms with Gasteiger partial charge < -0.3 is 9.05 Å². The molecule has 0 amide bonds. The Hall–Kier alpha value is -1.47. The second-order valence-corrected chi connectivity index (χ2v) is 11.2. The minimum absolute atomic E-state index is 0.108. The number of nitrogens with one attached hydrogen (secondary N) is 1. The maximum absolute atomic E-state index is 13.8. The summed E-state index contributed by atoms with van der Waals surface area (Å²) in [5.74, 6) is -0.345. The second kappa shape index (κ2) is 9.56. The van der Waals surface area contributed by atoms with Gasteiger partial charge in [-0.1, -0.05) is 43.7 Å². The van der Waals surface area contributed by atoms with Crippen molar-refractivity contribution in [3.05, 3.63) is 42.0 Å². The highest BCUT2D eigenvalue weighted by Crippen LogP contribution is 2.66. The van der Waals surface area contributed by atoms with Gasteiger partial charge in [0.2, 0.25) is 0 Å². The maximum atomic E-state index is 13.8. The number of benzene rings is 1. The predicted molar refractivity (Wildman–Crippen MR) is 116 cm³/mol. The molecule has 29 heavy (non-hydrogen) atoms. The number of aryl methyl sites for hydroxylation is 1. The van der Waals surface area contributed by atoms with Crippen LogP contribution in [0, 0.1) is 18.8 Å². The Labute approximate surface area is 174 Å². The summed E-state index contributed by atoms with van der Waals surface area (Å²) in [4.78, 5) is 2.36. The average molecular weight is 443 g/mol. The zero-order valence-electron chi connectivity index (χ0n) is 17.7. The van der Waals surface area contributed by atoms with Crippen LogP contribution in [0.4, 0.5) is 0 Å². The topological polar surface area (TPSA) is 94.1 Å². The zero-order chi connectivity index (χ0) is 21.7. The first kappa shape index (κ1) is 23.8. The van der Waals surface area contributed by atoms with Crippen LogP contribution in [0.25, 0.3) is 0 Å². The highest BCUT2D eigenvalue weighted by molar-refractivity contribution is 7.89. The lowest BCUT2D eigenvalue weighted by molar-refractivity contribution is 0.184. The van der Waals surface area contributed by atoms with Gasteiger partial charge in [-0.15, -0.1) is 0 Å². The molecule has 1 aliphatic rings. The molecule has 9 heteroatoms. The van der Waals surface area contributed by atoms with Crippen LogP contribution in [-0.4, -0.2) is 33.0 Å². The van der Waals surface area contributed by atoms with Gasteiger partial charge in [-0.25, -0.2) is 4.83 Å². The van der Waals surface area contributed by atoms with Crippen molar-refractivity contribution in [2.45, 2.75) is 51.1 Å². The molecular formula is C20H31N2O5PS. The molecule has 162 valence electrons. The number of hydrogen-bond donors (Lipinski definition) is 1. The average Bonchev–Trinajstić information content (AvgIpc) is 2.65. The summed E-state index contributed by atoms with van der Waals surface area (Å²) in [7, 11) is -7.48. The molecule has 0 bridgehead atoms. The summed E-state index contributed by atoms with van der Waals surface area (Å²) in [6.45, 7) is 9.68. The van der Waals surface area contributed by atoms with Gasteiger partial charge >= 0.3 is 7.60 Å². The fourth-order valence-corrected chi connectivity index (χ4v) is 7.11. The predicted octanol–water partition coefficient (Wildman–Crippen LogP) is 4.50. The van der Waals surface area contributed by atoms with Gasteiger partial charge in [-0.05, 0) is 51.2 Å². The third-order valence-electron chi connectivity index (χ3n) is 5.28. The highest BCUT2D eigenvalue weighted by Gasteiger charge is 2.57. The molecule has 0 aromatic heterocycles. The van der Waals surface area contributed by atoms with Crippen molar-refractivity contribution in [2.75, 3.05) is 13.2 Å². The van der Waals surface area contributed by atoms with E-state index >= 15 is 0 Å². The van der Waals surface area contributed by atoms with Crippen LogP contribution >= 0.6 is 7.60 Å². The molecule has 0 spiro atoms. The van der Waals surface area contributed by atoms with Crippen molar-refractivity contribution in [3.63, 3.8) is 0 Å². The molecule has 1 aromatic carbocycles. The fourth-order valence-electron chi connectivity index (χ4n) is 3.68. The molecule has 2 rings (SSSR count). The first-order chi connectivity index (χ1) is 13.6. The first-order valence-corrected chi connectivity index (χ1v) is 12.8. The number of sulfonamides is 1. The lowest BCUT2D eigenvalue weighted by Gasteiger charge is -2.45. The van der Waals surface area contributed by atoms with Gasteiger partial charge in [0.1, 0.15) is 5.16 Å². The van der Waals surface area contributed by atoms with E-state index in [4.69, 9.17) is 9.05 Å². The van der Waals surface area contributed by atoms with Gasteiger partial charge in [-0.3, -0.25) is 4.57 Å². The standard InChI is InChI=1S/C20H31N2O5PS/c1-6-26-28(23,27-7-2)20(17(4)9-8-10-18(20)5)15-21-22-29(24,25)19-13-11-16(3)12-14-19/h8-9,11-15,17-18,22H,6-7,10H2,1-5H3/b21-15+/t17-,18-,20+/m0/s1. The van der Waals surface area contributed by atoms with Crippen LogP contribution < -0.4 is 4.83 Å². The van der Waals surface area contributed by atoms with Gasteiger partial charge in [0.05, 0.1) is 18.1 Å². The molecule has 0 aliphatic heterocycles. The first-order valence-electron chi connectivity index (χ1n) is 9.81. The number of hydrazone groups is 1. The quantitative estimate of drug-likeness (QED) is 0.263. The van der Waals surface area contributed by atoms with E-state index in [-0.39, 0.29) is 29.9 Å². The summed E-state index contributed by atoms with van der Waals surface area (Å²) in [5, 5.41) is 2.96. The van der Waals surface area contributed by atoms with Crippen LogP contribution in [0.5, 0.6) is 0 Å². The second-order valence-electron chi connectivity index (χ2n) is 7.24. The molecule has 0 fully saturated rings. The molecule has 0 saturated heterocycles. The van der Waals surface area contributed by atoms with Crippen LogP contribution in [-0.2, 0) is 23.6 Å². The molecule has 0 saturated carbocycles. The Morgan fingerprint density at radius 3 is 2.31 bits per heavy atom. The minimum Gasteiger partial charge on any atom is -0.308 e. The summed E-state index contributed by atoms with van der Waals surface area (Å²) in [6.07, 6.45) is 6.06. The van der Waals surface area contributed by atoms with Crippen molar-refractivity contribution in [1.29, 1.82) is 0 Å². The summed E-state index contributed by atoms with van der Waals surface area (Å²) in [6, 6.07) is 6.47. The number of allylic oxidation sites excluding steroid dienone is 2. The lowest BCUT2D eigenvalue weighted by atomic mass is 9.77. The van der Waals surface area contributed by atoms with Gasteiger partial charge in [0.25, 0.3) is 10.0 Å². The zero-order valence-corrected chi connectivity index (χ0v) is 19.4. The molecule has 0 heterocycles. The normalized spacial score (nSPS) is 25.4. The van der Waals surface area contributed by atoms with E-state index in [2.05, 4.69) is 9.93 Å². The van der Waals surface area contributed by atoms with Crippen LogP contribution in [0.2, 0.25) is 0 Å². The van der Waals surface area contributed by atoms with Crippen LogP contribution in [0.3, 0.4) is 0 Å². The van der Waals surface area contributed by atoms with Crippen LogP contribution in [0.1, 0.15) is 39.7 Å². The van der Waals surface area contributed by atoms with E-state index in [9.17, 15) is 13.0 Å². The fraction of sp³-hybridized carbons (Fsp3) is 0.550. The monoisotopic (exact) mass is 442 g/mol. The molecule has 1 N–H and O–H groups in total. The lowest BCUT2D eigenvalue weighted by Crippen LogP contribution is -2.47. The summed E-state index contributed by atoms with van der Waals surface area (Å²) in [5.41, 5.74) is 0.956. The Morgan fingerprint density at radius 1 is 1.21 bits per heavy atom. The molecule has 1 aromatic rings. The number of rotatable bonds is 9. The summed E-state index contributed by atoms with van der Waals surface area (Å²) >= 11 is 0. The Balaban J connectivity index is 2.44. The highest BCUT2D eigenvalue weighted by atomic mass is 32.2. The number of nitrogens with zero attached hydrogens (tertiary/aromatic N) is 1. The summed E-state index contributed by atoms with van der Waals surface area (Å²) < 4.78 is 50.3. The number of hydrogen-bond acceptors (Lipinski definition) is 6. The van der Waals surface area contributed by atoms with E-state index in [0.717, 1.165) is 5.56 Å². The van der Waals surface area contributed by atoms with E-state index in [0.29, 0.717) is 6.42 Å². The molecule has 7 nitrogen and oxygen atoms in total. The molecule has 0 unspecified atom stereocenters. The molecule has 0 radical (unpaired) electrons. The molecule has 1 aliphatic carbocycles. The third kappa shape index (κ3) is 4.82. The third-order valence-corrected chi connectivity index (χ3v) is 9.63. The van der Waals surface area contributed by atoms with E-state index in [1.165, 1.54) is 18.3 Å². The SMILES string of the molecule is CCOP(=O)(OCC)[C@]1(/C=N/NS(=O)(=O)c2ccc(C)cc2)[C@@H](C)C=CC[C@@H]1C. The van der Waals surface area contributed by atoms with E-state index in [1.54, 1.807) is 26.0 Å². The van der Waals surface area contributed by atoms with E-state index < -0.39 is 22.8 Å². The Morgan fingerprint density at radius 2 is 1.79 bits per heavy atom. The van der Waals surface area contributed by atoms with Gasteiger partial charge in [0, 0.05) is 6.21 Å². The van der Waals surface area contributed by atoms with Crippen molar-refractivity contribution in [1.82, 2.24) is 4.83 Å². The van der Waals surface area contributed by atoms with Crippen molar-refractivity contribution in [2.24, 2.45) is 16.9 Å². The van der Waals surface area contributed by atoms with E-state index in [1.807, 2.05) is 32.9 Å². The van der Waals surface area contributed by atoms with Crippen molar-refractivity contribution < 1.29 is 22.0 Å². The largest absolute Gasteiger partial charge is 0.342 e. The van der Waals surface area contributed by atoms with Gasteiger partial charge in [-0.2, -0.15) is 13.5 Å². The minimum atomic E-state index is -3.85. The molecular weight excluding hydrogens is 411 g/mol. The van der Waals surface area contributed by atoms with Crippen molar-refractivity contribution >= 4 is 23.8 Å². The van der Waals surface area contributed by atoms with Crippen molar-refractivity contribution in [3.8, 4) is 0 Å². The maximum Gasteiger partial charge on any atom is 0.342 e.